The van der Waals surface area contributed by atoms with Gasteiger partial charge in [-0.1, -0.05) is 17.7 Å². The Kier molecular flexibility index (Phi) is 5.49. The molecule has 0 N–H and O–H groups in total. The fourth-order valence-corrected chi connectivity index (χ4v) is 4.58. The predicted molar refractivity (Wildman–Crippen MR) is 90.0 cm³/mol. The Morgan fingerprint density at radius 2 is 2.14 bits per heavy atom. The summed E-state index contributed by atoms with van der Waals surface area (Å²) >= 11 is 10.3. The van der Waals surface area contributed by atoms with E-state index < -0.39 is 22.5 Å². The highest BCUT2D eigenvalue weighted by Gasteiger charge is 2.28. The minimum Gasteiger partial charge on any atom is -0.468 e. The van der Waals surface area contributed by atoms with E-state index in [9.17, 15) is 13.2 Å². The molecular weight excluding hydrogens is 414 g/mol. The van der Waals surface area contributed by atoms with Gasteiger partial charge in [0.15, 0.2) is 0 Å². The van der Waals surface area contributed by atoms with E-state index in [1.54, 1.807) is 23.6 Å². The summed E-state index contributed by atoms with van der Waals surface area (Å²) in [5, 5.41) is 1.99. The Hall–Kier alpha value is -1.09. The molecule has 0 bridgehead atoms. The molecule has 2 aromatic rings. The van der Waals surface area contributed by atoms with E-state index in [4.69, 9.17) is 11.6 Å². The molecule has 0 aliphatic carbocycles. The standard InChI is InChI=1S/C13H11BrClNO4S2/c1-20-12(17)8-16(9-4-5-10(14)11(15)7-9)22(18,19)13-3-2-6-21-13/h2-7H,8H2,1H3. The molecular formula is C13H11BrClNO4S2. The maximum Gasteiger partial charge on any atom is 0.326 e. The zero-order valence-corrected chi connectivity index (χ0v) is 15.3. The van der Waals surface area contributed by atoms with Crippen molar-refractivity contribution in [1.29, 1.82) is 0 Å². The molecule has 22 heavy (non-hydrogen) atoms. The molecule has 0 amide bonds. The van der Waals surface area contributed by atoms with Gasteiger partial charge in [-0.15, -0.1) is 11.3 Å². The van der Waals surface area contributed by atoms with Gasteiger partial charge in [0.05, 0.1) is 17.8 Å². The average Bonchev–Trinajstić information content (AvgIpc) is 3.02. The molecule has 1 aromatic heterocycles. The number of hydrogen-bond donors (Lipinski definition) is 0. The molecule has 1 heterocycles. The van der Waals surface area contributed by atoms with Crippen LogP contribution in [-0.2, 0) is 19.6 Å². The third-order valence-electron chi connectivity index (χ3n) is 2.73. The number of esters is 1. The number of nitrogens with zero attached hydrogens (tertiary/aromatic N) is 1. The van der Waals surface area contributed by atoms with Crippen LogP contribution >= 0.6 is 38.9 Å². The number of thiophene rings is 1. The highest BCUT2D eigenvalue weighted by Crippen LogP contribution is 2.31. The van der Waals surface area contributed by atoms with E-state index in [1.807, 2.05) is 0 Å². The third-order valence-corrected chi connectivity index (χ3v) is 7.11. The summed E-state index contributed by atoms with van der Waals surface area (Å²) in [5.41, 5.74) is 0.284. The summed E-state index contributed by atoms with van der Waals surface area (Å²) in [5.74, 6) is -0.667. The predicted octanol–water partition coefficient (Wildman–Crippen LogP) is 3.53. The fourth-order valence-electron chi connectivity index (χ4n) is 1.66. The number of carbonyl (C=O) groups is 1. The molecule has 1 aromatic carbocycles. The van der Waals surface area contributed by atoms with Gasteiger partial charge < -0.3 is 4.74 Å². The fraction of sp³-hybridized carbons (Fsp3) is 0.154. The summed E-state index contributed by atoms with van der Waals surface area (Å²) < 4.78 is 31.8. The van der Waals surface area contributed by atoms with Crippen molar-refractivity contribution in [3.8, 4) is 0 Å². The molecule has 0 aliphatic heterocycles. The van der Waals surface area contributed by atoms with Crippen LogP contribution in [0.3, 0.4) is 0 Å². The number of methoxy groups -OCH3 is 1. The lowest BCUT2D eigenvalue weighted by Gasteiger charge is -2.22. The van der Waals surface area contributed by atoms with Crippen LogP contribution in [-0.4, -0.2) is 28.0 Å². The normalized spacial score (nSPS) is 11.2. The molecule has 0 spiro atoms. The van der Waals surface area contributed by atoms with Crippen LogP contribution in [0.4, 0.5) is 5.69 Å². The van der Waals surface area contributed by atoms with Crippen LogP contribution in [0.5, 0.6) is 0 Å². The van der Waals surface area contributed by atoms with E-state index in [0.29, 0.717) is 9.50 Å². The van der Waals surface area contributed by atoms with Gasteiger partial charge in [-0.05, 0) is 45.6 Å². The monoisotopic (exact) mass is 423 g/mol. The van der Waals surface area contributed by atoms with E-state index in [1.165, 1.54) is 19.2 Å². The van der Waals surface area contributed by atoms with Crippen LogP contribution in [0, 0.1) is 0 Å². The van der Waals surface area contributed by atoms with Crippen molar-refractivity contribution < 1.29 is 17.9 Å². The van der Waals surface area contributed by atoms with Crippen molar-refractivity contribution in [1.82, 2.24) is 0 Å². The van der Waals surface area contributed by atoms with E-state index in [0.717, 1.165) is 15.6 Å². The number of sulfonamides is 1. The summed E-state index contributed by atoms with van der Waals surface area (Å²) in [6, 6.07) is 7.75. The van der Waals surface area contributed by atoms with Crippen LogP contribution in [0.2, 0.25) is 5.02 Å². The maximum atomic E-state index is 12.7. The molecule has 9 heteroatoms. The number of hydrogen-bond acceptors (Lipinski definition) is 5. The Labute approximate surface area is 145 Å². The Bertz CT molecular complexity index is 777. The largest absolute Gasteiger partial charge is 0.468 e. The first-order valence-electron chi connectivity index (χ1n) is 5.94. The highest BCUT2D eigenvalue weighted by molar-refractivity contribution is 9.10. The van der Waals surface area contributed by atoms with Gasteiger partial charge in [0.1, 0.15) is 10.8 Å². The van der Waals surface area contributed by atoms with Gasteiger partial charge in [-0.2, -0.15) is 0 Å². The van der Waals surface area contributed by atoms with Crippen LogP contribution < -0.4 is 4.31 Å². The molecule has 0 radical (unpaired) electrons. The van der Waals surface area contributed by atoms with Crippen molar-refractivity contribution in [2.75, 3.05) is 18.0 Å². The van der Waals surface area contributed by atoms with Gasteiger partial charge in [0.2, 0.25) is 0 Å². The van der Waals surface area contributed by atoms with Gasteiger partial charge in [0, 0.05) is 4.47 Å². The Morgan fingerprint density at radius 1 is 1.41 bits per heavy atom. The quantitative estimate of drug-likeness (QED) is 0.689. The second-order valence-corrected chi connectivity index (χ2v) is 8.42. The highest BCUT2D eigenvalue weighted by atomic mass is 79.9. The van der Waals surface area contributed by atoms with Crippen molar-refractivity contribution in [2.45, 2.75) is 4.21 Å². The third kappa shape index (κ3) is 3.62. The molecule has 0 unspecified atom stereocenters. The van der Waals surface area contributed by atoms with Crippen molar-refractivity contribution in [2.24, 2.45) is 0 Å². The van der Waals surface area contributed by atoms with Gasteiger partial charge in [-0.3, -0.25) is 9.10 Å². The maximum absolute atomic E-state index is 12.7. The molecule has 2 rings (SSSR count). The lowest BCUT2D eigenvalue weighted by atomic mass is 10.3. The molecule has 0 atom stereocenters. The van der Waals surface area contributed by atoms with Crippen molar-refractivity contribution in [3.05, 3.63) is 45.2 Å². The van der Waals surface area contributed by atoms with Crippen LogP contribution in [0.1, 0.15) is 0 Å². The Morgan fingerprint density at radius 3 is 2.68 bits per heavy atom. The first-order valence-corrected chi connectivity index (χ1v) is 9.43. The first kappa shape index (κ1) is 17.3. The number of rotatable bonds is 5. The first-order chi connectivity index (χ1) is 10.4. The number of benzene rings is 1. The summed E-state index contributed by atoms with van der Waals surface area (Å²) in [6.07, 6.45) is 0. The van der Waals surface area contributed by atoms with Gasteiger partial charge >= 0.3 is 5.97 Å². The summed E-state index contributed by atoms with van der Waals surface area (Å²) in [4.78, 5) is 11.6. The summed E-state index contributed by atoms with van der Waals surface area (Å²) in [6.45, 7) is -0.436. The van der Waals surface area contributed by atoms with Gasteiger partial charge in [-0.25, -0.2) is 8.42 Å². The molecule has 5 nitrogen and oxygen atoms in total. The van der Waals surface area contributed by atoms with Crippen LogP contribution in [0.25, 0.3) is 0 Å². The zero-order valence-electron chi connectivity index (χ0n) is 11.3. The average molecular weight is 425 g/mol. The second kappa shape index (κ2) is 6.99. The SMILES string of the molecule is COC(=O)CN(c1ccc(Br)c(Cl)c1)S(=O)(=O)c1cccs1. The van der Waals surface area contributed by atoms with E-state index in [2.05, 4.69) is 20.7 Å². The minimum absolute atomic E-state index is 0.135. The number of anilines is 1. The molecule has 0 aliphatic rings. The smallest absolute Gasteiger partial charge is 0.326 e. The number of halogens is 2. The van der Waals surface area contributed by atoms with E-state index >= 15 is 0 Å². The number of carbonyl (C=O) groups excluding carboxylic acids is 1. The number of ether oxygens (including phenoxy) is 1. The zero-order chi connectivity index (χ0) is 16.3. The van der Waals surface area contributed by atoms with Crippen LogP contribution in [0.15, 0.2) is 44.4 Å². The lowest BCUT2D eigenvalue weighted by Crippen LogP contribution is -2.36. The minimum atomic E-state index is -3.87. The van der Waals surface area contributed by atoms with Crippen molar-refractivity contribution in [3.63, 3.8) is 0 Å². The van der Waals surface area contributed by atoms with Crippen molar-refractivity contribution >= 4 is 60.5 Å². The second-order valence-electron chi connectivity index (χ2n) is 4.12. The summed E-state index contributed by atoms with van der Waals surface area (Å²) in [7, 11) is -2.67. The van der Waals surface area contributed by atoms with Gasteiger partial charge in [0.25, 0.3) is 10.0 Å². The molecule has 0 saturated carbocycles. The molecule has 0 saturated heterocycles. The topological polar surface area (TPSA) is 63.7 Å². The molecule has 0 fully saturated rings. The van der Waals surface area contributed by atoms with E-state index in [-0.39, 0.29) is 9.90 Å². The Balaban J connectivity index is 2.51. The lowest BCUT2D eigenvalue weighted by molar-refractivity contribution is -0.138. The molecule has 118 valence electrons.